The summed E-state index contributed by atoms with van der Waals surface area (Å²) in [4.78, 5) is 72.6. The van der Waals surface area contributed by atoms with Crippen LogP contribution in [-0.2, 0) is 65.4 Å². The van der Waals surface area contributed by atoms with Crippen LogP contribution in [-0.4, -0.2) is 96.7 Å². The normalized spacial score (nSPS) is 14.8. The molecule has 0 aromatic heterocycles. The van der Waals surface area contributed by atoms with Crippen LogP contribution in [0.15, 0.2) is 0 Å². The number of hydrogen-bond donors (Lipinski definition) is 3. The van der Waals surface area contributed by atoms with E-state index in [1.807, 2.05) is 0 Å². The fourth-order valence-corrected chi connectivity index (χ4v) is 12.4. The molecule has 7 atom stereocenters. The van der Waals surface area contributed by atoms with E-state index in [1.165, 1.54) is 148 Å². The molecule has 91 heavy (non-hydrogen) atoms. The van der Waals surface area contributed by atoms with E-state index < -0.39 is 97.5 Å². The van der Waals surface area contributed by atoms with Gasteiger partial charge < -0.3 is 33.8 Å². The van der Waals surface area contributed by atoms with Gasteiger partial charge in [0.25, 0.3) is 0 Å². The summed E-state index contributed by atoms with van der Waals surface area (Å²) in [6.45, 7) is 14.1. The number of aliphatic hydroxyl groups excluding tert-OH is 1. The fourth-order valence-electron chi connectivity index (χ4n) is 10.8. The zero-order valence-electron chi connectivity index (χ0n) is 59.5. The summed E-state index contributed by atoms with van der Waals surface area (Å²) in [5.74, 6) is 0.904. The Hall–Kier alpha value is -1.94. The third kappa shape index (κ3) is 63.9. The maximum atomic E-state index is 13.0. The minimum absolute atomic E-state index is 0.105. The van der Waals surface area contributed by atoms with Gasteiger partial charge in [-0.1, -0.05) is 306 Å². The Morgan fingerprint density at radius 2 is 0.527 bits per heavy atom. The summed E-state index contributed by atoms with van der Waals surface area (Å²) in [5.41, 5.74) is 0. The van der Waals surface area contributed by atoms with Gasteiger partial charge in [-0.2, -0.15) is 0 Å². The van der Waals surface area contributed by atoms with E-state index in [0.29, 0.717) is 37.5 Å². The Bertz CT molecular complexity index is 1800. The molecule has 0 rings (SSSR count). The number of rotatable bonds is 69. The van der Waals surface area contributed by atoms with Gasteiger partial charge in [0.15, 0.2) is 12.2 Å². The summed E-state index contributed by atoms with van der Waals surface area (Å²) in [7, 11) is -9.90. The molecule has 3 N–H and O–H groups in total. The number of carbonyl (C=O) groups is 4. The summed E-state index contributed by atoms with van der Waals surface area (Å²) < 4.78 is 68.3. The molecule has 0 fully saturated rings. The summed E-state index contributed by atoms with van der Waals surface area (Å²) in [6, 6.07) is 0. The molecule has 0 aliphatic carbocycles. The van der Waals surface area contributed by atoms with Gasteiger partial charge in [-0.25, -0.2) is 9.13 Å². The van der Waals surface area contributed by atoms with Crippen molar-refractivity contribution in [2.45, 2.75) is 375 Å². The molecule has 0 saturated heterocycles. The SMILES string of the molecule is CCC(C)CCCCCCCCCCCCCCCCC(=O)O[C@H](COC(=O)CCCCCCCCC(C)C)COP(=O)(O)OCC(O)COP(=O)(O)OC[C@@H](COC(=O)CCCCCCCCCC(C)C)OC(=O)CCCCCCCCCCCCC(C)CC. The van der Waals surface area contributed by atoms with Crippen LogP contribution < -0.4 is 0 Å². The third-order valence-electron chi connectivity index (χ3n) is 17.3. The molecule has 0 amide bonds. The van der Waals surface area contributed by atoms with Crippen LogP contribution in [0.3, 0.4) is 0 Å². The Morgan fingerprint density at radius 3 is 0.780 bits per heavy atom. The molecule has 0 aliphatic rings. The first-order chi connectivity index (χ1) is 43.7. The van der Waals surface area contributed by atoms with Crippen LogP contribution in [0.5, 0.6) is 0 Å². The smallest absolute Gasteiger partial charge is 0.462 e. The first-order valence-corrected chi connectivity index (χ1v) is 40.3. The molecule has 0 radical (unpaired) electrons. The maximum absolute atomic E-state index is 13.0. The molecular weight excluding hydrogens is 1200 g/mol. The number of hydrogen-bond acceptors (Lipinski definition) is 15. The quantitative estimate of drug-likeness (QED) is 0.0222. The highest BCUT2D eigenvalue weighted by Crippen LogP contribution is 2.45. The minimum atomic E-state index is -4.95. The van der Waals surface area contributed by atoms with Crippen molar-refractivity contribution in [2.24, 2.45) is 23.7 Å². The van der Waals surface area contributed by atoms with Gasteiger partial charge in [0.1, 0.15) is 19.3 Å². The molecule has 17 nitrogen and oxygen atoms in total. The highest BCUT2D eigenvalue weighted by Gasteiger charge is 2.30. The molecule has 0 aromatic rings. The largest absolute Gasteiger partial charge is 0.472 e. The van der Waals surface area contributed by atoms with Crippen LogP contribution in [0.2, 0.25) is 0 Å². The molecule has 0 saturated carbocycles. The molecule has 0 aliphatic heterocycles. The average molecular weight is 1340 g/mol. The second-order valence-corrected chi connectivity index (χ2v) is 30.3. The molecule has 540 valence electrons. The number of aliphatic hydroxyl groups is 1. The standard InChI is InChI=1S/C72H140O17P2/c1-9-64(7)50-42-34-25-19-15-13-11-12-14-16-21-27-38-46-54-71(76)89-68(59-83-70(75)53-45-37-31-30-33-41-49-63(5)6)61-87-91(80,81)85-57-66(73)56-84-90(78,79)86-60-67(58-82-69(74)52-44-36-29-23-24-32-40-48-62(3)4)88-72(77)55-47-39-28-22-18-17-20-26-35-43-51-65(8)10-2/h62-68,73H,9-61H2,1-8H3,(H,78,79)(H,80,81)/t64?,65?,66?,67-,68-/m1/s1. The Labute approximate surface area is 556 Å². The molecular formula is C72H140O17P2. The van der Waals surface area contributed by atoms with E-state index in [2.05, 4.69) is 55.4 Å². The van der Waals surface area contributed by atoms with E-state index in [4.69, 9.17) is 37.0 Å². The Balaban J connectivity index is 5.21. The maximum Gasteiger partial charge on any atom is 0.472 e. The molecule has 0 aromatic carbocycles. The highest BCUT2D eigenvalue weighted by atomic mass is 31.2. The lowest BCUT2D eigenvalue weighted by Gasteiger charge is -2.21. The van der Waals surface area contributed by atoms with Crippen molar-refractivity contribution < 1.29 is 80.2 Å². The van der Waals surface area contributed by atoms with Crippen LogP contribution >= 0.6 is 15.6 Å². The van der Waals surface area contributed by atoms with Crippen LogP contribution in [0.1, 0.15) is 357 Å². The number of carbonyl (C=O) groups excluding carboxylic acids is 4. The molecule has 0 heterocycles. The zero-order valence-corrected chi connectivity index (χ0v) is 61.3. The van der Waals surface area contributed by atoms with Gasteiger partial charge in [0, 0.05) is 25.7 Å². The van der Waals surface area contributed by atoms with Crippen molar-refractivity contribution in [3.8, 4) is 0 Å². The van der Waals surface area contributed by atoms with Crippen LogP contribution in [0.4, 0.5) is 0 Å². The van der Waals surface area contributed by atoms with Gasteiger partial charge in [0.05, 0.1) is 26.4 Å². The lowest BCUT2D eigenvalue weighted by atomic mass is 9.99. The summed E-state index contributed by atoms with van der Waals surface area (Å²) in [6.07, 6.45) is 44.5. The Kier molecular flexibility index (Phi) is 60.3. The molecule has 19 heteroatoms. The number of phosphoric ester groups is 2. The topological polar surface area (TPSA) is 237 Å². The van der Waals surface area contributed by atoms with Crippen molar-refractivity contribution in [1.82, 2.24) is 0 Å². The van der Waals surface area contributed by atoms with E-state index in [9.17, 15) is 43.2 Å². The third-order valence-corrected chi connectivity index (χ3v) is 19.2. The fraction of sp³-hybridized carbons (Fsp3) is 0.944. The lowest BCUT2D eigenvalue weighted by molar-refractivity contribution is -0.161. The van der Waals surface area contributed by atoms with Gasteiger partial charge in [-0.3, -0.25) is 37.3 Å². The second kappa shape index (κ2) is 61.6. The second-order valence-electron chi connectivity index (χ2n) is 27.4. The van der Waals surface area contributed by atoms with Crippen LogP contribution in [0, 0.1) is 23.7 Å². The molecule has 5 unspecified atom stereocenters. The number of phosphoric acid groups is 2. The van der Waals surface area contributed by atoms with E-state index in [0.717, 1.165) is 115 Å². The van der Waals surface area contributed by atoms with E-state index in [-0.39, 0.29) is 25.7 Å². The lowest BCUT2D eigenvalue weighted by Crippen LogP contribution is -2.30. The van der Waals surface area contributed by atoms with Crippen molar-refractivity contribution in [3.05, 3.63) is 0 Å². The first kappa shape index (κ1) is 89.1. The molecule has 0 spiro atoms. The van der Waals surface area contributed by atoms with Crippen molar-refractivity contribution >= 4 is 39.5 Å². The van der Waals surface area contributed by atoms with Crippen molar-refractivity contribution in [1.29, 1.82) is 0 Å². The summed E-state index contributed by atoms with van der Waals surface area (Å²) >= 11 is 0. The number of ether oxygens (including phenoxy) is 4. The van der Waals surface area contributed by atoms with Gasteiger partial charge in [0.2, 0.25) is 0 Å². The van der Waals surface area contributed by atoms with Gasteiger partial charge in [-0.05, 0) is 49.4 Å². The van der Waals surface area contributed by atoms with Crippen molar-refractivity contribution in [2.75, 3.05) is 39.6 Å². The Morgan fingerprint density at radius 1 is 0.308 bits per heavy atom. The zero-order chi connectivity index (χ0) is 67.5. The monoisotopic (exact) mass is 1340 g/mol. The number of esters is 4. The highest BCUT2D eigenvalue weighted by molar-refractivity contribution is 7.47. The first-order valence-electron chi connectivity index (χ1n) is 37.3. The minimum Gasteiger partial charge on any atom is -0.462 e. The van der Waals surface area contributed by atoms with Gasteiger partial charge in [-0.15, -0.1) is 0 Å². The van der Waals surface area contributed by atoms with Crippen molar-refractivity contribution in [3.63, 3.8) is 0 Å². The van der Waals surface area contributed by atoms with E-state index in [1.54, 1.807) is 0 Å². The van der Waals surface area contributed by atoms with Crippen LogP contribution in [0.25, 0.3) is 0 Å². The average Bonchev–Trinajstić information content (AvgIpc) is 2.79. The van der Waals surface area contributed by atoms with Gasteiger partial charge >= 0.3 is 39.5 Å². The molecule has 0 bridgehead atoms. The predicted octanol–water partition coefficient (Wildman–Crippen LogP) is 20.5. The summed E-state index contributed by atoms with van der Waals surface area (Å²) in [5, 5.41) is 10.6. The van der Waals surface area contributed by atoms with E-state index >= 15 is 0 Å². The number of unbranched alkanes of at least 4 members (excludes halogenated alkanes) is 33. The predicted molar refractivity (Wildman–Crippen MR) is 367 cm³/mol.